The first-order valence-electron chi connectivity index (χ1n) is 9.18. The Morgan fingerprint density at radius 3 is 2.75 bits per heavy atom. The molecule has 3 N–H and O–H groups in total. The molecule has 0 aliphatic carbocycles. The summed E-state index contributed by atoms with van der Waals surface area (Å²) in [6.45, 7) is 4.01. The number of aryl methyl sites for hydroxylation is 2. The summed E-state index contributed by atoms with van der Waals surface area (Å²) in [5.41, 5.74) is 3.24. The average Bonchev–Trinajstić information content (AvgIpc) is 2.63. The van der Waals surface area contributed by atoms with Crippen LogP contribution >= 0.6 is 11.8 Å². The number of rotatable bonds is 6. The van der Waals surface area contributed by atoms with E-state index in [0.717, 1.165) is 11.3 Å². The fourth-order valence-electron chi connectivity index (χ4n) is 3.01. The van der Waals surface area contributed by atoms with E-state index in [9.17, 15) is 14.0 Å². The number of hydrogen-bond donors (Lipinski definition) is 3. The molecule has 0 saturated carbocycles. The number of anilines is 1. The van der Waals surface area contributed by atoms with Gasteiger partial charge in [0.2, 0.25) is 11.8 Å². The minimum atomic E-state index is -0.361. The third kappa shape index (κ3) is 5.56. The van der Waals surface area contributed by atoms with Crippen molar-refractivity contribution in [3.63, 3.8) is 0 Å². The van der Waals surface area contributed by atoms with Gasteiger partial charge >= 0.3 is 0 Å². The summed E-state index contributed by atoms with van der Waals surface area (Å²) in [6.07, 6.45) is 0.425. The fourth-order valence-corrected chi connectivity index (χ4v) is 4.09. The van der Waals surface area contributed by atoms with Gasteiger partial charge < -0.3 is 10.6 Å². The number of halogens is 1. The van der Waals surface area contributed by atoms with Crippen molar-refractivity contribution in [1.29, 1.82) is 0 Å². The topological polar surface area (TPSA) is 70.2 Å². The second-order valence-corrected chi connectivity index (χ2v) is 8.06. The maximum Gasteiger partial charge on any atom is 0.225 e. The van der Waals surface area contributed by atoms with Crippen LogP contribution in [0.1, 0.15) is 29.5 Å². The number of nitrogens with one attached hydrogen (secondary N) is 3. The van der Waals surface area contributed by atoms with Crippen LogP contribution in [0, 0.1) is 19.7 Å². The molecule has 1 fully saturated rings. The highest BCUT2D eigenvalue weighted by molar-refractivity contribution is 7.99. The Kier molecular flexibility index (Phi) is 6.70. The molecular weight excluding hydrogens is 377 g/mol. The van der Waals surface area contributed by atoms with Crippen LogP contribution in [0.15, 0.2) is 42.5 Å². The van der Waals surface area contributed by atoms with Crippen LogP contribution in [0.25, 0.3) is 0 Å². The Balaban J connectivity index is 1.53. The molecule has 2 atom stereocenters. The first-order chi connectivity index (χ1) is 13.4. The normalized spacial score (nSPS) is 19.2. The largest absolute Gasteiger partial charge is 0.332 e. The molecule has 1 saturated heterocycles. The smallest absolute Gasteiger partial charge is 0.225 e. The summed E-state index contributed by atoms with van der Waals surface area (Å²) in [4.78, 5) is 24.4. The van der Waals surface area contributed by atoms with E-state index < -0.39 is 0 Å². The molecule has 2 unspecified atom stereocenters. The lowest BCUT2D eigenvalue weighted by atomic mass is 10.1. The Morgan fingerprint density at radius 1 is 1.21 bits per heavy atom. The summed E-state index contributed by atoms with van der Waals surface area (Å²) in [5.74, 6) is -0.102. The van der Waals surface area contributed by atoms with Gasteiger partial charge in [0.1, 0.15) is 11.3 Å². The lowest BCUT2D eigenvalue weighted by Gasteiger charge is -2.31. The maximum atomic E-state index is 13.8. The van der Waals surface area contributed by atoms with E-state index in [1.54, 1.807) is 18.2 Å². The number of hydrogen-bond acceptors (Lipinski definition) is 4. The summed E-state index contributed by atoms with van der Waals surface area (Å²) in [7, 11) is 0. The van der Waals surface area contributed by atoms with Gasteiger partial charge in [0.15, 0.2) is 0 Å². The lowest BCUT2D eigenvalue weighted by molar-refractivity contribution is -0.124. The molecule has 0 aromatic heterocycles. The molecule has 1 aliphatic rings. The van der Waals surface area contributed by atoms with Crippen LogP contribution in [0.5, 0.6) is 0 Å². The molecule has 3 rings (SSSR count). The van der Waals surface area contributed by atoms with Gasteiger partial charge in [0.25, 0.3) is 0 Å². The third-order valence-electron chi connectivity index (χ3n) is 4.70. The predicted molar refractivity (Wildman–Crippen MR) is 110 cm³/mol. The van der Waals surface area contributed by atoms with Crippen LogP contribution in [-0.2, 0) is 15.3 Å². The molecule has 28 heavy (non-hydrogen) atoms. The summed E-state index contributed by atoms with van der Waals surface area (Å²) >= 11 is 1.39. The molecule has 0 radical (unpaired) electrons. The molecule has 5 nitrogen and oxygen atoms in total. The van der Waals surface area contributed by atoms with E-state index >= 15 is 0 Å². The minimum absolute atomic E-state index is 0.117. The lowest BCUT2D eigenvalue weighted by Crippen LogP contribution is -2.55. The van der Waals surface area contributed by atoms with Crippen LogP contribution in [0.4, 0.5) is 10.1 Å². The van der Waals surface area contributed by atoms with E-state index in [-0.39, 0.29) is 42.0 Å². The zero-order valence-corrected chi connectivity index (χ0v) is 16.7. The van der Waals surface area contributed by atoms with Crippen molar-refractivity contribution < 1.29 is 14.0 Å². The van der Waals surface area contributed by atoms with Crippen LogP contribution < -0.4 is 16.0 Å². The predicted octanol–water partition coefficient (Wildman–Crippen LogP) is 3.47. The highest BCUT2D eigenvalue weighted by atomic mass is 32.2. The molecule has 148 valence electrons. The van der Waals surface area contributed by atoms with Crippen LogP contribution in [-0.4, -0.2) is 23.4 Å². The number of carbonyl (C=O) groups is 2. The van der Waals surface area contributed by atoms with Gasteiger partial charge in [-0.2, -0.15) is 0 Å². The Morgan fingerprint density at radius 2 is 2.00 bits per heavy atom. The average molecular weight is 402 g/mol. The summed E-state index contributed by atoms with van der Waals surface area (Å²) in [5, 5.41) is 8.98. The number of carbonyl (C=O) groups excluding carboxylic acids is 2. The van der Waals surface area contributed by atoms with Gasteiger partial charge in [-0.05, 0) is 48.7 Å². The highest BCUT2D eigenvalue weighted by Gasteiger charge is 2.27. The third-order valence-corrected chi connectivity index (χ3v) is 5.76. The zero-order chi connectivity index (χ0) is 20.1. The van der Waals surface area contributed by atoms with Crippen LogP contribution in [0.3, 0.4) is 0 Å². The molecular formula is C21H24FN3O2S. The molecule has 0 bridgehead atoms. The minimum Gasteiger partial charge on any atom is -0.332 e. The second kappa shape index (κ2) is 9.21. The number of amides is 2. The van der Waals surface area contributed by atoms with Crippen molar-refractivity contribution in [1.82, 2.24) is 10.6 Å². The zero-order valence-electron chi connectivity index (χ0n) is 15.9. The Bertz CT molecular complexity index is 874. The summed E-state index contributed by atoms with van der Waals surface area (Å²) in [6, 6.07) is 12.1. The monoisotopic (exact) mass is 401 g/mol. The standard InChI is InChI=1S/C21H24FN3O2S/c1-13-7-8-16(9-14(13)2)23-19(26)10-17-11-20(27)25-21(24-17)28-12-15-5-3-4-6-18(15)22/h3-9,17,21,24H,10-12H2,1-2H3,(H,23,26)(H,25,27). The number of thioether (sulfide) groups is 1. The van der Waals surface area contributed by atoms with Crippen molar-refractivity contribution in [2.24, 2.45) is 0 Å². The van der Waals surface area contributed by atoms with Crippen LogP contribution in [0.2, 0.25) is 0 Å². The first-order valence-corrected chi connectivity index (χ1v) is 10.2. The molecule has 1 aliphatic heterocycles. The quantitative estimate of drug-likeness (QED) is 0.693. The molecule has 2 amide bonds. The van der Waals surface area contributed by atoms with Gasteiger partial charge in [-0.1, -0.05) is 24.3 Å². The van der Waals surface area contributed by atoms with Crippen molar-refractivity contribution in [2.45, 2.75) is 44.0 Å². The Hall–Kier alpha value is -2.38. The SMILES string of the molecule is Cc1ccc(NC(=O)CC2CC(=O)NC(SCc3ccccc3F)N2)cc1C. The van der Waals surface area contributed by atoms with Gasteiger partial charge in [0, 0.05) is 30.3 Å². The molecule has 1 heterocycles. The van der Waals surface area contributed by atoms with Gasteiger partial charge in [-0.15, -0.1) is 11.8 Å². The molecule has 7 heteroatoms. The van der Waals surface area contributed by atoms with E-state index in [2.05, 4.69) is 16.0 Å². The van der Waals surface area contributed by atoms with E-state index in [4.69, 9.17) is 0 Å². The van der Waals surface area contributed by atoms with Gasteiger partial charge in [-0.25, -0.2) is 4.39 Å². The highest BCUT2D eigenvalue weighted by Crippen LogP contribution is 2.21. The van der Waals surface area contributed by atoms with Crippen molar-refractivity contribution in [3.05, 3.63) is 65.0 Å². The van der Waals surface area contributed by atoms with Gasteiger partial charge in [0.05, 0.1) is 0 Å². The van der Waals surface area contributed by atoms with Crippen molar-refractivity contribution >= 4 is 29.3 Å². The molecule has 2 aromatic carbocycles. The van der Waals surface area contributed by atoms with E-state index in [1.807, 2.05) is 32.0 Å². The maximum absolute atomic E-state index is 13.8. The first kappa shape index (κ1) is 20.4. The van der Waals surface area contributed by atoms with E-state index in [0.29, 0.717) is 11.3 Å². The Labute approximate surface area is 168 Å². The van der Waals surface area contributed by atoms with Crippen molar-refractivity contribution in [2.75, 3.05) is 5.32 Å². The van der Waals surface area contributed by atoms with Gasteiger partial charge in [-0.3, -0.25) is 14.9 Å². The van der Waals surface area contributed by atoms with E-state index in [1.165, 1.54) is 23.4 Å². The second-order valence-electron chi connectivity index (χ2n) is 6.97. The molecule has 0 spiro atoms. The fraction of sp³-hybridized carbons (Fsp3) is 0.333. The van der Waals surface area contributed by atoms with Crippen molar-refractivity contribution in [3.8, 4) is 0 Å². The molecule has 2 aromatic rings. The summed E-state index contributed by atoms with van der Waals surface area (Å²) < 4.78 is 13.8. The number of benzene rings is 2.